The van der Waals surface area contributed by atoms with Crippen LogP contribution < -0.4 is 0 Å². The molecule has 3 nitrogen and oxygen atoms in total. The van der Waals surface area contributed by atoms with E-state index < -0.39 is 5.97 Å². The summed E-state index contributed by atoms with van der Waals surface area (Å²) in [7, 11) is 0. The maximum Gasteiger partial charge on any atom is 0.352 e. The largest absolute Gasteiger partial charge is 0.477 e. The summed E-state index contributed by atoms with van der Waals surface area (Å²) in [6, 6.07) is 7.16. The fourth-order valence-corrected chi connectivity index (χ4v) is 2.67. The topological polar surface area (TPSA) is 42.2 Å². The van der Waals surface area contributed by atoms with Gasteiger partial charge in [-0.2, -0.15) is 0 Å². The summed E-state index contributed by atoms with van der Waals surface area (Å²) in [6.07, 6.45) is 1.72. The Balaban J connectivity index is 2.67. The quantitative estimate of drug-likeness (QED) is 0.774. The standard InChI is InChI=1S/C11H6Br3NO2/c12-6-1-2-8(14)9(3-6)15-5-7(13)4-10(15)11(16)17/h1-5H,(H,16,17). The van der Waals surface area contributed by atoms with Gasteiger partial charge in [0.25, 0.3) is 0 Å². The van der Waals surface area contributed by atoms with Crippen LogP contribution in [0.4, 0.5) is 0 Å². The van der Waals surface area contributed by atoms with E-state index in [1.54, 1.807) is 16.8 Å². The number of hydrogen-bond acceptors (Lipinski definition) is 1. The molecule has 1 aromatic heterocycles. The van der Waals surface area contributed by atoms with Crippen molar-refractivity contribution in [1.82, 2.24) is 4.57 Å². The number of carbonyl (C=O) groups is 1. The molecule has 0 fully saturated rings. The first-order valence-electron chi connectivity index (χ1n) is 4.55. The van der Waals surface area contributed by atoms with Crippen molar-refractivity contribution < 1.29 is 9.90 Å². The summed E-state index contributed by atoms with van der Waals surface area (Å²) in [5.74, 6) is -0.970. The molecule has 88 valence electrons. The van der Waals surface area contributed by atoms with Crippen LogP contribution in [0.25, 0.3) is 5.69 Å². The molecule has 0 unspecified atom stereocenters. The average molecular weight is 424 g/mol. The minimum Gasteiger partial charge on any atom is -0.477 e. The number of aromatic carboxylic acids is 1. The van der Waals surface area contributed by atoms with Gasteiger partial charge in [-0.25, -0.2) is 4.79 Å². The van der Waals surface area contributed by atoms with Crippen LogP contribution in [0.3, 0.4) is 0 Å². The van der Waals surface area contributed by atoms with Crippen LogP contribution in [0.1, 0.15) is 10.5 Å². The highest BCUT2D eigenvalue weighted by Crippen LogP contribution is 2.28. The van der Waals surface area contributed by atoms with E-state index in [-0.39, 0.29) is 5.69 Å². The molecule has 0 aliphatic rings. The summed E-state index contributed by atoms with van der Waals surface area (Å²) in [4.78, 5) is 11.1. The number of carboxylic acid groups (broad SMARTS) is 1. The van der Waals surface area contributed by atoms with Gasteiger partial charge in [-0.15, -0.1) is 0 Å². The number of hydrogen-bond donors (Lipinski definition) is 1. The maximum atomic E-state index is 11.1. The zero-order chi connectivity index (χ0) is 12.6. The maximum absolute atomic E-state index is 11.1. The number of carboxylic acids is 1. The van der Waals surface area contributed by atoms with Gasteiger partial charge in [0.05, 0.1) is 5.69 Å². The zero-order valence-corrected chi connectivity index (χ0v) is 13.1. The third kappa shape index (κ3) is 2.64. The van der Waals surface area contributed by atoms with Crippen LogP contribution in [0.5, 0.6) is 0 Å². The van der Waals surface area contributed by atoms with Crippen LogP contribution in [0, 0.1) is 0 Å². The van der Waals surface area contributed by atoms with Gasteiger partial charge >= 0.3 is 5.97 Å². The van der Waals surface area contributed by atoms with Crippen molar-refractivity contribution in [3.05, 3.63) is 49.6 Å². The lowest BCUT2D eigenvalue weighted by atomic mass is 10.3. The summed E-state index contributed by atoms with van der Waals surface area (Å²) in [5, 5.41) is 9.13. The molecule has 0 saturated carbocycles. The summed E-state index contributed by atoms with van der Waals surface area (Å²) < 4.78 is 4.05. The first kappa shape index (κ1) is 12.9. The van der Waals surface area contributed by atoms with E-state index in [9.17, 15) is 4.79 Å². The van der Waals surface area contributed by atoms with Gasteiger partial charge in [-0.05, 0) is 56.1 Å². The molecule has 0 aliphatic heterocycles. The van der Waals surface area contributed by atoms with Crippen LogP contribution in [-0.2, 0) is 0 Å². The zero-order valence-electron chi connectivity index (χ0n) is 8.32. The molecule has 1 heterocycles. The van der Waals surface area contributed by atoms with Gasteiger partial charge in [0.15, 0.2) is 0 Å². The SMILES string of the molecule is O=C(O)c1cc(Br)cn1-c1cc(Br)ccc1Br. The predicted molar refractivity (Wildman–Crippen MR) is 75.8 cm³/mol. The smallest absolute Gasteiger partial charge is 0.352 e. The van der Waals surface area contributed by atoms with Crippen molar-refractivity contribution >= 4 is 53.8 Å². The van der Waals surface area contributed by atoms with E-state index in [0.717, 1.165) is 19.1 Å². The second kappa shape index (κ2) is 4.96. The van der Waals surface area contributed by atoms with Gasteiger partial charge in [-0.1, -0.05) is 15.9 Å². The molecule has 2 aromatic rings. The lowest BCUT2D eigenvalue weighted by molar-refractivity contribution is 0.0688. The molecule has 0 atom stereocenters. The van der Waals surface area contributed by atoms with Crippen molar-refractivity contribution in [2.75, 3.05) is 0 Å². The molecule has 2 rings (SSSR count). The van der Waals surface area contributed by atoms with Gasteiger partial charge in [-0.3, -0.25) is 0 Å². The Labute approximate surface area is 123 Å². The van der Waals surface area contributed by atoms with E-state index in [4.69, 9.17) is 5.11 Å². The molecular weight excluding hydrogens is 418 g/mol. The highest BCUT2D eigenvalue weighted by molar-refractivity contribution is 9.11. The number of nitrogens with zero attached hydrogens (tertiary/aromatic N) is 1. The van der Waals surface area contributed by atoms with Gasteiger partial charge in [0, 0.05) is 19.6 Å². The van der Waals surface area contributed by atoms with Crippen LogP contribution in [-0.4, -0.2) is 15.6 Å². The summed E-state index contributed by atoms with van der Waals surface area (Å²) in [5.41, 5.74) is 0.971. The molecule has 0 amide bonds. The number of rotatable bonds is 2. The minimum atomic E-state index is -0.970. The third-order valence-corrected chi connectivity index (χ3v) is 3.77. The number of halogens is 3. The predicted octanol–water partition coefficient (Wildman–Crippen LogP) is 4.46. The summed E-state index contributed by atoms with van der Waals surface area (Å²) >= 11 is 10.1. The van der Waals surface area contributed by atoms with E-state index >= 15 is 0 Å². The highest BCUT2D eigenvalue weighted by atomic mass is 79.9. The average Bonchev–Trinajstić information content (AvgIpc) is 2.64. The Hall–Kier alpha value is -0.590. The van der Waals surface area contributed by atoms with Gasteiger partial charge in [0.2, 0.25) is 0 Å². The second-order valence-corrected chi connectivity index (χ2v) is 6.00. The highest BCUT2D eigenvalue weighted by Gasteiger charge is 2.14. The molecule has 17 heavy (non-hydrogen) atoms. The van der Waals surface area contributed by atoms with Crippen molar-refractivity contribution in [1.29, 1.82) is 0 Å². The lowest BCUT2D eigenvalue weighted by Gasteiger charge is -2.09. The molecular formula is C11H6Br3NO2. The fourth-order valence-electron chi connectivity index (χ4n) is 1.46. The Kier molecular flexibility index (Phi) is 3.75. The van der Waals surface area contributed by atoms with Crippen LogP contribution in [0.2, 0.25) is 0 Å². The summed E-state index contributed by atoms with van der Waals surface area (Å²) in [6.45, 7) is 0. The Morgan fingerprint density at radius 2 is 1.82 bits per heavy atom. The van der Waals surface area contributed by atoms with Crippen molar-refractivity contribution in [3.63, 3.8) is 0 Å². The van der Waals surface area contributed by atoms with Crippen LogP contribution in [0.15, 0.2) is 43.9 Å². The van der Waals surface area contributed by atoms with Gasteiger partial charge < -0.3 is 9.67 Å². The Morgan fingerprint density at radius 1 is 1.12 bits per heavy atom. The van der Waals surface area contributed by atoms with E-state index in [1.165, 1.54) is 0 Å². The van der Waals surface area contributed by atoms with Gasteiger partial charge in [0.1, 0.15) is 5.69 Å². The Bertz CT molecular complexity index is 592. The Morgan fingerprint density at radius 3 is 2.47 bits per heavy atom. The van der Waals surface area contributed by atoms with Crippen molar-refractivity contribution in [2.45, 2.75) is 0 Å². The number of benzene rings is 1. The molecule has 0 radical (unpaired) electrons. The first-order chi connectivity index (χ1) is 7.99. The number of aromatic nitrogens is 1. The molecule has 1 aromatic carbocycles. The van der Waals surface area contributed by atoms with Crippen molar-refractivity contribution in [3.8, 4) is 5.69 Å². The molecule has 1 N–H and O–H groups in total. The van der Waals surface area contributed by atoms with Crippen LogP contribution >= 0.6 is 47.8 Å². The molecule has 0 spiro atoms. The molecule has 0 aliphatic carbocycles. The van der Waals surface area contributed by atoms with E-state index in [2.05, 4.69) is 47.8 Å². The van der Waals surface area contributed by atoms with E-state index in [1.807, 2.05) is 18.2 Å². The molecule has 0 bridgehead atoms. The minimum absolute atomic E-state index is 0.204. The fraction of sp³-hybridized carbons (Fsp3) is 0. The normalized spacial score (nSPS) is 10.5. The third-order valence-electron chi connectivity index (χ3n) is 2.17. The monoisotopic (exact) mass is 421 g/mol. The first-order valence-corrected chi connectivity index (χ1v) is 6.93. The second-order valence-electron chi connectivity index (χ2n) is 3.31. The van der Waals surface area contributed by atoms with E-state index in [0.29, 0.717) is 0 Å². The molecule has 0 saturated heterocycles. The lowest BCUT2D eigenvalue weighted by Crippen LogP contribution is -2.06. The molecule has 6 heteroatoms. The van der Waals surface area contributed by atoms with Crippen molar-refractivity contribution in [2.24, 2.45) is 0 Å².